The van der Waals surface area contributed by atoms with E-state index in [0.29, 0.717) is 0 Å². The van der Waals surface area contributed by atoms with Gasteiger partial charge in [0.05, 0.1) is 0 Å². The SMILES string of the molecule is C#CCCC(NN)c1ccncc1. The molecule has 0 aromatic carbocycles. The number of rotatable bonds is 4. The Kier molecular flexibility index (Phi) is 3.97. The Morgan fingerprint density at radius 2 is 2.23 bits per heavy atom. The molecular weight excluding hydrogens is 162 g/mol. The van der Waals surface area contributed by atoms with Gasteiger partial charge < -0.3 is 0 Å². The van der Waals surface area contributed by atoms with Crippen LogP contribution in [0.2, 0.25) is 0 Å². The first-order chi connectivity index (χ1) is 6.38. The number of aromatic nitrogens is 1. The summed E-state index contributed by atoms with van der Waals surface area (Å²) in [4.78, 5) is 3.93. The minimum atomic E-state index is 0.124. The van der Waals surface area contributed by atoms with E-state index in [9.17, 15) is 0 Å². The van der Waals surface area contributed by atoms with Crippen LogP contribution in [0.15, 0.2) is 24.5 Å². The lowest BCUT2D eigenvalue weighted by Crippen LogP contribution is -2.27. The summed E-state index contributed by atoms with van der Waals surface area (Å²) in [5.41, 5.74) is 3.85. The molecule has 0 amide bonds. The van der Waals surface area contributed by atoms with Crippen molar-refractivity contribution in [1.29, 1.82) is 0 Å². The molecule has 0 radical (unpaired) electrons. The summed E-state index contributed by atoms with van der Waals surface area (Å²) in [5, 5.41) is 0. The van der Waals surface area contributed by atoms with Crippen molar-refractivity contribution in [2.75, 3.05) is 0 Å². The van der Waals surface area contributed by atoms with Crippen molar-refractivity contribution in [3.05, 3.63) is 30.1 Å². The van der Waals surface area contributed by atoms with Crippen molar-refractivity contribution in [1.82, 2.24) is 10.4 Å². The van der Waals surface area contributed by atoms with E-state index in [1.807, 2.05) is 12.1 Å². The molecule has 0 fully saturated rings. The van der Waals surface area contributed by atoms with Gasteiger partial charge in [-0.05, 0) is 24.1 Å². The van der Waals surface area contributed by atoms with Gasteiger partial charge in [0.15, 0.2) is 0 Å². The van der Waals surface area contributed by atoms with Gasteiger partial charge in [-0.2, -0.15) is 0 Å². The summed E-state index contributed by atoms with van der Waals surface area (Å²) >= 11 is 0. The number of hydrogen-bond donors (Lipinski definition) is 2. The van der Waals surface area contributed by atoms with Crippen LogP contribution < -0.4 is 11.3 Å². The highest BCUT2D eigenvalue weighted by Gasteiger charge is 2.07. The van der Waals surface area contributed by atoms with Crippen LogP contribution >= 0.6 is 0 Å². The molecule has 0 saturated carbocycles. The molecule has 3 nitrogen and oxygen atoms in total. The van der Waals surface area contributed by atoms with Crippen LogP contribution in [-0.4, -0.2) is 4.98 Å². The molecule has 0 bridgehead atoms. The predicted octanol–water partition coefficient (Wildman–Crippen LogP) is 0.999. The van der Waals surface area contributed by atoms with Crippen molar-refractivity contribution >= 4 is 0 Å². The van der Waals surface area contributed by atoms with E-state index >= 15 is 0 Å². The van der Waals surface area contributed by atoms with Gasteiger partial charge in [0.2, 0.25) is 0 Å². The molecule has 0 spiro atoms. The normalized spacial score (nSPS) is 12.0. The molecule has 1 rings (SSSR count). The number of terminal acetylenes is 1. The number of nitrogens with zero attached hydrogens (tertiary/aromatic N) is 1. The average molecular weight is 175 g/mol. The van der Waals surface area contributed by atoms with Crippen LogP contribution in [0.25, 0.3) is 0 Å². The van der Waals surface area contributed by atoms with Gasteiger partial charge in [-0.15, -0.1) is 12.3 Å². The van der Waals surface area contributed by atoms with Crippen LogP contribution in [0.5, 0.6) is 0 Å². The molecular formula is C10H13N3. The quantitative estimate of drug-likeness (QED) is 0.408. The average Bonchev–Trinajstić information content (AvgIpc) is 2.21. The van der Waals surface area contributed by atoms with Crippen molar-refractivity contribution in [3.63, 3.8) is 0 Å². The van der Waals surface area contributed by atoms with Gasteiger partial charge in [0.25, 0.3) is 0 Å². The van der Waals surface area contributed by atoms with Crippen LogP contribution in [0, 0.1) is 12.3 Å². The molecule has 3 N–H and O–H groups in total. The summed E-state index contributed by atoms with van der Waals surface area (Å²) in [6.07, 6.45) is 10.2. The molecule has 0 saturated heterocycles. The maximum atomic E-state index is 5.41. The molecule has 3 heteroatoms. The molecule has 0 aliphatic heterocycles. The van der Waals surface area contributed by atoms with Crippen molar-refractivity contribution in [2.45, 2.75) is 18.9 Å². The minimum Gasteiger partial charge on any atom is -0.271 e. The number of hydrazine groups is 1. The summed E-state index contributed by atoms with van der Waals surface area (Å²) in [7, 11) is 0. The van der Waals surface area contributed by atoms with Crippen molar-refractivity contribution in [3.8, 4) is 12.3 Å². The van der Waals surface area contributed by atoms with E-state index in [-0.39, 0.29) is 6.04 Å². The second-order valence-corrected chi connectivity index (χ2v) is 2.74. The molecule has 0 aliphatic carbocycles. The fraction of sp³-hybridized carbons (Fsp3) is 0.300. The van der Waals surface area contributed by atoms with Gasteiger partial charge in [-0.3, -0.25) is 16.3 Å². The minimum absolute atomic E-state index is 0.124. The first-order valence-electron chi connectivity index (χ1n) is 4.18. The standard InChI is InChI=1S/C10H13N3/c1-2-3-4-10(13-11)9-5-7-12-8-6-9/h1,5-8,10,13H,3-4,11H2. The number of nitrogens with one attached hydrogen (secondary N) is 1. The zero-order chi connectivity index (χ0) is 9.52. The Hall–Kier alpha value is -1.37. The summed E-state index contributed by atoms with van der Waals surface area (Å²) in [5.74, 6) is 8.00. The fourth-order valence-corrected chi connectivity index (χ4v) is 1.17. The highest BCUT2D eigenvalue weighted by Crippen LogP contribution is 2.15. The lowest BCUT2D eigenvalue weighted by atomic mass is 10.0. The second kappa shape index (κ2) is 5.31. The Morgan fingerprint density at radius 3 is 2.77 bits per heavy atom. The fourth-order valence-electron chi connectivity index (χ4n) is 1.17. The summed E-state index contributed by atoms with van der Waals surface area (Å²) in [6.45, 7) is 0. The molecule has 1 atom stereocenters. The van der Waals surface area contributed by atoms with E-state index in [1.54, 1.807) is 12.4 Å². The van der Waals surface area contributed by atoms with Gasteiger partial charge in [-0.1, -0.05) is 0 Å². The Balaban J connectivity index is 2.63. The molecule has 1 aromatic heterocycles. The van der Waals surface area contributed by atoms with E-state index < -0.39 is 0 Å². The van der Waals surface area contributed by atoms with E-state index in [0.717, 1.165) is 18.4 Å². The van der Waals surface area contributed by atoms with E-state index in [2.05, 4.69) is 16.3 Å². The first kappa shape index (κ1) is 9.72. The Labute approximate surface area is 78.3 Å². The van der Waals surface area contributed by atoms with Gasteiger partial charge in [0.1, 0.15) is 0 Å². The molecule has 1 unspecified atom stereocenters. The highest BCUT2D eigenvalue weighted by atomic mass is 15.2. The summed E-state index contributed by atoms with van der Waals surface area (Å²) < 4.78 is 0. The second-order valence-electron chi connectivity index (χ2n) is 2.74. The van der Waals surface area contributed by atoms with Gasteiger partial charge in [-0.25, -0.2) is 0 Å². The van der Waals surface area contributed by atoms with Gasteiger partial charge >= 0.3 is 0 Å². The van der Waals surface area contributed by atoms with Gasteiger partial charge in [0, 0.05) is 24.9 Å². The van der Waals surface area contributed by atoms with Crippen LogP contribution in [-0.2, 0) is 0 Å². The molecule has 68 valence electrons. The van der Waals surface area contributed by atoms with E-state index in [4.69, 9.17) is 12.3 Å². The Morgan fingerprint density at radius 1 is 1.54 bits per heavy atom. The largest absolute Gasteiger partial charge is 0.271 e. The topological polar surface area (TPSA) is 50.9 Å². The van der Waals surface area contributed by atoms with Crippen molar-refractivity contribution < 1.29 is 0 Å². The van der Waals surface area contributed by atoms with Crippen LogP contribution in [0.1, 0.15) is 24.4 Å². The molecule has 13 heavy (non-hydrogen) atoms. The molecule has 1 aromatic rings. The zero-order valence-electron chi connectivity index (χ0n) is 7.40. The highest BCUT2D eigenvalue weighted by molar-refractivity contribution is 5.14. The Bertz CT molecular complexity index is 276. The van der Waals surface area contributed by atoms with E-state index in [1.165, 1.54) is 0 Å². The van der Waals surface area contributed by atoms with Crippen molar-refractivity contribution in [2.24, 2.45) is 5.84 Å². The van der Waals surface area contributed by atoms with Crippen LogP contribution in [0.4, 0.5) is 0 Å². The molecule has 1 heterocycles. The third kappa shape index (κ3) is 2.86. The predicted molar refractivity (Wildman–Crippen MR) is 52.4 cm³/mol. The monoisotopic (exact) mass is 175 g/mol. The number of hydrogen-bond acceptors (Lipinski definition) is 3. The lowest BCUT2D eigenvalue weighted by molar-refractivity contribution is 0.523. The number of nitrogens with two attached hydrogens (primary N) is 1. The third-order valence-electron chi connectivity index (χ3n) is 1.89. The third-order valence-corrected chi connectivity index (χ3v) is 1.89. The zero-order valence-corrected chi connectivity index (χ0v) is 7.40. The van der Waals surface area contributed by atoms with Crippen LogP contribution in [0.3, 0.4) is 0 Å². The summed E-state index contributed by atoms with van der Waals surface area (Å²) in [6, 6.07) is 3.99. The first-order valence-corrected chi connectivity index (χ1v) is 4.18. The number of pyridine rings is 1. The molecule has 0 aliphatic rings. The maximum absolute atomic E-state index is 5.41. The smallest absolute Gasteiger partial charge is 0.0470 e. The lowest BCUT2D eigenvalue weighted by Gasteiger charge is -2.14. The maximum Gasteiger partial charge on any atom is 0.0470 e.